The number of rotatable bonds is 5. The first-order chi connectivity index (χ1) is 17.4. The highest BCUT2D eigenvalue weighted by molar-refractivity contribution is 6.10. The molecule has 36 heavy (non-hydrogen) atoms. The summed E-state index contributed by atoms with van der Waals surface area (Å²) in [5, 5.41) is 2.82. The fourth-order valence-corrected chi connectivity index (χ4v) is 4.89. The molecule has 11 heteroatoms. The molecule has 5 rings (SSSR count). The summed E-state index contributed by atoms with van der Waals surface area (Å²) in [6.45, 7) is 3.62. The van der Waals surface area contributed by atoms with Crippen LogP contribution >= 0.6 is 0 Å². The molecule has 0 unspecified atom stereocenters. The Labute approximate surface area is 207 Å². The third kappa shape index (κ3) is 4.15. The summed E-state index contributed by atoms with van der Waals surface area (Å²) in [4.78, 5) is 50.7. The Balaban J connectivity index is 1.68. The van der Waals surface area contributed by atoms with Crippen LogP contribution in [0, 0.1) is 0 Å². The molecule has 188 valence electrons. The molecule has 11 nitrogen and oxygen atoms in total. The van der Waals surface area contributed by atoms with Crippen LogP contribution < -0.4 is 27.2 Å². The minimum Gasteiger partial charge on any atom is -0.341 e. The molecular formula is C25H30N8O3. The normalized spacial score (nSPS) is 18.3. The Morgan fingerprint density at radius 3 is 2.78 bits per heavy atom. The Hall–Kier alpha value is -3.99. The van der Waals surface area contributed by atoms with Crippen molar-refractivity contribution in [2.75, 3.05) is 29.9 Å². The third-order valence-electron chi connectivity index (χ3n) is 6.71. The number of hydrogen-bond acceptors (Lipinski definition) is 7. The number of nitrogens with zero attached hydrogens (tertiary/aromatic N) is 6. The highest BCUT2D eigenvalue weighted by Crippen LogP contribution is 2.23. The molecule has 2 aliphatic heterocycles. The number of nitrogens with two attached hydrogens (primary N) is 1. The lowest BCUT2D eigenvalue weighted by molar-refractivity contribution is -0.114. The highest BCUT2D eigenvalue weighted by Gasteiger charge is 2.27. The van der Waals surface area contributed by atoms with E-state index in [0.717, 1.165) is 19.4 Å². The summed E-state index contributed by atoms with van der Waals surface area (Å²) >= 11 is 0. The molecule has 1 atom stereocenters. The molecule has 0 bridgehead atoms. The maximum Gasteiger partial charge on any atom is 0.332 e. The molecule has 2 aromatic heterocycles. The molecule has 3 aromatic rings. The van der Waals surface area contributed by atoms with Gasteiger partial charge in [-0.15, -0.1) is 0 Å². The molecule has 0 spiro atoms. The molecule has 1 fully saturated rings. The molecule has 3 N–H and O–H groups in total. The van der Waals surface area contributed by atoms with Crippen LogP contribution in [0.15, 0.2) is 51.0 Å². The van der Waals surface area contributed by atoms with Crippen molar-refractivity contribution in [2.45, 2.75) is 38.9 Å². The largest absolute Gasteiger partial charge is 0.341 e. The molecule has 0 saturated carbocycles. The van der Waals surface area contributed by atoms with Crippen LogP contribution in [-0.2, 0) is 24.9 Å². The minimum absolute atomic E-state index is 0.0267. The van der Waals surface area contributed by atoms with Gasteiger partial charge >= 0.3 is 5.69 Å². The van der Waals surface area contributed by atoms with Gasteiger partial charge in [-0.2, -0.15) is 4.98 Å². The minimum atomic E-state index is -0.492. The lowest BCUT2D eigenvalue weighted by Gasteiger charge is -2.31. The fraction of sp³-hybridized carbons (Fsp3) is 0.400. The summed E-state index contributed by atoms with van der Waals surface area (Å²) in [6, 6.07) is 7.27. The van der Waals surface area contributed by atoms with Crippen LogP contribution in [-0.4, -0.2) is 56.0 Å². The van der Waals surface area contributed by atoms with E-state index in [1.165, 1.54) is 9.13 Å². The number of imidazole rings is 1. The lowest BCUT2D eigenvalue weighted by Crippen LogP contribution is -2.44. The zero-order valence-corrected chi connectivity index (χ0v) is 20.5. The van der Waals surface area contributed by atoms with Crippen molar-refractivity contribution in [3.63, 3.8) is 0 Å². The van der Waals surface area contributed by atoms with E-state index >= 15 is 0 Å². The summed E-state index contributed by atoms with van der Waals surface area (Å²) in [5.74, 6) is 0.386. The number of benzodiazepines with no additional fused rings is 1. The maximum absolute atomic E-state index is 13.9. The number of aromatic nitrogens is 4. The van der Waals surface area contributed by atoms with Crippen molar-refractivity contribution in [3.05, 3.63) is 62.8 Å². The first-order valence-electron chi connectivity index (χ1n) is 12.1. The van der Waals surface area contributed by atoms with Crippen LogP contribution in [0.25, 0.3) is 11.2 Å². The molecule has 2 aliphatic rings. The van der Waals surface area contributed by atoms with E-state index in [1.54, 1.807) is 13.1 Å². The zero-order chi connectivity index (χ0) is 25.4. The Morgan fingerprint density at radius 2 is 2.00 bits per heavy atom. The number of aliphatic imine (C=N–C) groups is 1. The summed E-state index contributed by atoms with van der Waals surface area (Å²) in [5.41, 5.74) is 7.75. The molecule has 1 amide bonds. The number of piperidine rings is 1. The van der Waals surface area contributed by atoms with E-state index in [1.807, 2.05) is 41.8 Å². The Kier molecular flexibility index (Phi) is 6.31. The monoisotopic (exact) mass is 490 g/mol. The van der Waals surface area contributed by atoms with Gasteiger partial charge in [0.25, 0.3) is 5.56 Å². The van der Waals surface area contributed by atoms with Gasteiger partial charge in [0, 0.05) is 44.0 Å². The summed E-state index contributed by atoms with van der Waals surface area (Å²) < 4.78 is 4.44. The number of anilines is 2. The average molecular weight is 491 g/mol. The number of hydrogen-bond donors (Lipinski definition) is 2. The van der Waals surface area contributed by atoms with E-state index in [-0.39, 0.29) is 25.0 Å². The molecule has 0 aliphatic carbocycles. The van der Waals surface area contributed by atoms with E-state index in [9.17, 15) is 14.4 Å². The van der Waals surface area contributed by atoms with Gasteiger partial charge in [0.1, 0.15) is 6.54 Å². The van der Waals surface area contributed by atoms with E-state index in [4.69, 9.17) is 10.7 Å². The fourth-order valence-electron chi connectivity index (χ4n) is 4.89. The van der Waals surface area contributed by atoms with Crippen molar-refractivity contribution in [1.82, 2.24) is 18.7 Å². The topological polar surface area (TPSA) is 133 Å². The predicted molar refractivity (Wildman–Crippen MR) is 140 cm³/mol. The van der Waals surface area contributed by atoms with Crippen molar-refractivity contribution < 1.29 is 4.79 Å². The van der Waals surface area contributed by atoms with Gasteiger partial charge in [-0.3, -0.25) is 23.7 Å². The molecule has 0 radical (unpaired) electrons. The standard InChI is InChI=1S/C25H30N8O3/c1-3-4-12-32-21-22(29-24(32)31-11-7-8-16(26)14-31)30(2)25(36)33(23(21)35)15-19-17-9-5-6-10-18(17)28-20(34)13-27-19/h3-6,9-10,16H,7-8,11-15,26H2,1-2H3,(H,28,34)/t16-/m1/s1. The van der Waals surface area contributed by atoms with E-state index in [2.05, 4.69) is 15.2 Å². The predicted octanol–water partition coefficient (Wildman–Crippen LogP) is 0.842. The average Bonchev–Trinajstić information content (AvgIpc) is 3.18. The number of fused-ring (bicyclic) bond motifs is 2. The number of carbonyl (C=O) groups is 1. The zero-order valence-electron chi connectivity index (χ0n) is 20.5. The smallest absolute Gasteiger partial charge is 0.332 e. The van der Waals surface area contributed by atoms with Crippen LogP contribution in [0.4, 0.5) is 11.6 Å². The van der Waals surface area contributed by atoms with Crippen molar-refractivity contribution >= 4 is 34.4 Å². The van der Waals surface area contributed by atoms with Gasteiger partial charge in [0.2, 0.25) is 11.9 Å². The third-order valence-corrected chi connectivity index (χ3v) is 6.71. The van der Waals surface area contributed by atoms with Gasteiger partial charge in [-0.05, 0) is 25.8 Å². The number of aryl methyl sites for hydroxylation is 1. The first kappa shape index (κ1) is 23.7. The summed E-state index contributed by atoms with van der Waals surface area (Å²) in [7, 11) is 1.62. The van der Waals surface area contributed by atoms with Crippen LogP contribution in [0.3, 0.4) is 0 Å². The second-order valence-electron chi connectivity index (χ2n) is 9.20. The van der Waals surface area contributed by atoms with Gasteiger partial charge in [-0.1, -0.05) is 30.4 Å². The molecule has 1 saturated heterocycles. The molecular weight excluding hydrogens is 460 g/mol. The second kappa shape index (κ2) is 9.57. The second-order valence-corrected chi connectivity index (χ2v) is 9.20. The Morgan fingerprint density at radius 1 is 1.19 bits per heavy atom. The van der Waals surface area contributed by atoms with Crippen LogP contribution in [0.1, 0.15) is 25.3 Å². The van der Waals surface area contributed by atoms with Gasteiger partial charge < -0.3 is 20.5 Å². The van der Waals surface area contributed by atoms with E-state index < -0.39 is 11.2 Å². The number of para-hydroxylation sites is 1. The molecule has 1 aromatic carbocycles. The summed E-state index contributed by atoms with van der Waals surface area (Å²) in [6.07, 6.45) is 5.74. The van der Waals surface area contributed by atoms with Crippen LogP contribution in [0.5, 0.6) is 0 Å². The van der Waals surface area contributed by atoms with Crippen molar-refractivity contribution in [1.29, 1.82) is 0 Å². The number of allylic oxidation sites excluding steroid dienone is 2. The van der Waals surface area contributed by atoms with Gasteiger partial charge in [0.15, 0.2) is 11.2 Å². The number of benzene rings is 1. The molecule has 4 heterocycles. The lowest BCUT2D eigenvalue weighted by atomic mass is 10.1. The van der Waals surface area contributed by atoms with Gasteiger partial charge in [-0.25, -0.2) is 4.79 Å². The van der Waals surface area contributed by atoms with E-state index in [0.29, 0.717) is 47.2 Å². The maximum atomic E-state index is 13.9. The van der Waals surface area contributed by atoms with Crippen molar-refractivity contribution in [2.24, 2.45) is 17.8 Å². The quantitative estimate of drug-likeness (QED) is 0.510. The van der Waals surface area contributed by atoms with Crippen molar-refractivity contribution in [3.8, 4) is 0 Å². The first-order valence-corrected chi connectivity index (χ1v) is 12.1. The number of amides is 1. The Bertz CT molecular complexity index is 1510. The highest BCUT2D eigenvalue weighted by atomic mass is 16.2. The SMILES string of the molecule is CC=CCn1c(N2CCC[C@@H](N)C2)nc2c1c(=O)n(CC1=NCC(=O)Nc3ccccc31)c(=O)n2C. The number of nitrogens with one attached hydrogen (secondary N) is 1. The number of carbonyl (C=O) groups excluding carboxylic acids is 1. The van der Waals surface area contributed by atoms with Gasteiger partial charge in [0.05, 0.1) is 12.3 Å². The van der Waals surface area contributed by atoms with Crippen LogP contribution in [0.2, 0.25) is 0 Å².